The highest BCUT2D eigenvalue weighted by Crippen LogP contribution is 2.31. The highest BCUT2D eigenvalue weighted by Gasteiger charge is 2.25. The van der Waals surface area contributed by atoms with Gasteiger partial charge in [0.25, 0.3) is 11.8 Å². The number of benzene rings is 3. The third kappa shape index (κ3) is 6.59. The van der Waals surface area contributed by atoms with Crippen molar-refractivity contribution in [3.8, 4) is 11.5 Å². The summed E-state index contributed by atoms with van der Waals surface area (Å²) in [5, 5.41) is 5.22. The number of hydrogen-bond acceptors (Lipinski definition) is 5. The van der Waals surface area contributed by atoms with Gasteiger partial charge < -0.3 is 20.1 Å². The first-order chi connectivity index (χ1) is 17.9. The third-order valence-corrected chi connectivity index (χ3v) is 7.59. The molecule has 4 rings (SSSR count). The maximum absolute atomic E-state index is 13.4. The summed E-state index contributed by atoms with van der Waals surface area (Å²) >= 11 is 9.38. The molecule has 3 N–H and O–H groups in total. The van der Waals surface area contributed by atoms with Gasteiger partial charge in [0.15, 0.2) is 23.2 Å². The second kappa shape index (κ2) is 12.4. The summed E-state index contributed by atoms with van der Waals surface area (Å²) < 4.78 is 11.9. The third-order valence-electron chi connectivity index (χ3n) is 6.56. The Bertz CT molecular complexity index is 1310. The van der Waals surface area contributed by atoms with E-state index in [1.165, 1.54) is 6.42 Å². The van der Waals surface area contributed by atoms with Crippen LogP contribution in [0.5, 0.6) is 11.5 Å². The zero-order chi connectivity index (χ0) is 26.4. The van der Waals surface area contributed by atoms with Crippen LogP contribution >= 0.6 is 28.1 Å². The molecule has 1 fully saturated rings. The van der Waals surface area contributed by atoms with Crippen molar-refractivity contribution in [3.05, 3.63) is 70.2 Å². The number of halogens is 1. The van der Waals surface area contributed by atoms with Gasteiger partial charge in [-0.1, -0.05) is 65.5 Å². The highest BCUT2D eigenvalue weighted by molar-refractivity contribution is 9.10. The Labute approximate surface area is 230 Å². The predicted molar refractivity (Wildman–Crippen MR) is 152 cm³/mol. The van der Waals surface area contributed by atoms with E-state index in [0.717, 1.165) is 46.5 Å². The number of amides is 2. The average Bonchev–Trinajstić information content (AvgIpc) is 2.91. The number of nitrogens with zero attached hydrogens (tertiary/aromatic N) is 1. The Kier molecular flexibility index (Phi) is 9.00. The van der Waals surface area contributed by atoms with E-state index in [4.69, 9.17) is 27.4 Å². The second-order valence-corrected chi connectivity index (χ2v) is 10.3. The number of thiocarbonyl (C=S) groups is 1. The summed E-state index contributed by atoms with van der Waals surface area (Å²) in [6.45, 7) is 0.266. The lowest BCUT2D eigenvalue weighted by molar-refractivity contribution is -0.119. The minimum absolute atomic E-state index is 0.222. The van der Waals surface area contributed by atoms with Crippen LogP contribution < -0.4 is 20.5 Å². The Balaban J connectivity index is 1.56. The number of primary amides is 1. The summed E-state index contributed by atoms with van der Waals surface area (Å²) in [6.07, 6.45) is 5.47. The molecule has 0 spiro atoms. The van der Waals surface area contributed by atoms with Crippen LogP contribution in [0.25, 0.3) is 10.8 Å². The Morgan fingerprint density at radius 2 is 1.78 bits per heavy atom. The molecule has 0 radical (unpaired) electrons. The number of nitrogens with one attached hydrogen (secondary N) is 1. The molecule has 0 unspecified atom stereocenters. The Hall–Kier alpha value is -3.17. The molecule has 194 valence electrons. The van der Waals surface area contributed by atoms with E-state index in [2.05, 4.69) is 26.1 Å². The summed E-state index contributed by atoms with van der Waals surface area (Å²) in [7, 11) is 1.54. The number of methoxy groups -OCH3 is 1. The van der Waals surface area contributed by atoms with Crippen LogP contribution in [0.15, 0.2) is 59.1 Å². The van der Waals surface area contributed by atoms with E-state index >= 15 is 0 Å². The first kappa shape index (κ1) is 26.9. The molecular formula is C28H30BrN3O4S. The molecule has 2 amide bonds. The van der Waals surface area contributed by atoms with Crippen LogP contribution in [0.1, 0.15) is 48.0 Å². The zero-order valence-electron chi connectivity index (χ0n) is 20.7. The fraction of sp³-hybridized carbons (Fsp3) is 0.321. The Morgan fingerprint density at radius 3 is 2.51 bits per heavy atom. The lowest BCUT2D eigenvalue weighted by Gasteiger charge is -2.36. The standard InChI is InChI=1S/C28H30BrN3O4S/c1-35-25-15-18(13-14-24(25)36-17-26(30)33)16-32(19-7-3-2-4-8-19)28(37)31-27(34)22-11-5-10-21-20(22)9-6-12-23(21)29/h5-6,9-15,19H,2-4,7-8,16-17H2,1H3,(H2,30,33)(H,31,34,37). The smallest absolute Gasteiger partial charge is 0.258 e. The first-order valence-corrected chi connectivity index (χ1v) is 13.4. The van der Waals surface area contributed by atoms with Crippen molar-refractivity contribution < 1.29 is 19.1 Å². The fourth-order valence-electron chi connectivity index (χ4n) is 4.74. The number of ether oxygens (including phenoxy) is 2. The maximum Gasteiger partial charge on any atom is 0.258 e. The molecule has 1 aliphatic carbocycles. The maximum atomic E-state index is 13.4. The van der Waals surface area contributed by atoms with Gasteiger partial charge in [-0.2, -0.15) is 0 Å². The van der Waals surface area contributed by atoms with Crippen LogP contribution in [-0.4, -0.2) is 41.6 Å². The monoisotopic (exact) mass is 583 g/mol. The van der Waals surface area contributed by atoms with E-state index in [1.54, 1.807) is 13.2 Å². The van der Waals surface area contributed by atoms with E-state index in [9.17, 15) is 9.59 Å². The molecule has 3 aromatic rings. The number of nitrogens with two attached hydrogens (primary N) is 1. The molecular weight excluding hydrogens is 554 g/mol. The molecule has 0 atom stereocenters. The molecule has 7 nitrogen and oxygen atoms in total. The van der Waals surface area contributed by atoms with Crippen molar-refractivity contribution in [2.45, 2.75) is 44.7 Å². The van der Waals surface area contributed by atoms with Crippen LogP contribution in [0.2, 0.25) is 0 Å². The topological polar surface area (TPSA) is 93.9 Å². The minimum Gasteiger partial charge on any atom is -0.493 e. The fourth-order valence-corrected chi connectivity index (χ4v) is 5.55. The van der Waals surface area contributed by atoms with Gasteiger partial charge in [0.2, 0.25) is 0 Å². The van der Waals surface area contributed by atoms with Crippen molar-refractivity contribution in [2.24, 2.45) is 5.73 Å². The Morgan fingerprint density at radius 1 is 1.05 bits per heavy atom. The van der Waals surface area contributed by atoms with Crippen LogP contribution in [0, 0.1) is 0 Å². The van der Waals surface area contributed by atoms with Crippen molar-refractivity contribution in [1.82, 2.24) is 10.2 Å². The van der Waals surface area contributed by atoms with Crippen LogP contribution in [-0.2, 0) is 11.3 Å². The number of hydrogen-bond donors (Lipinski definition) is 2. The van der Waals surface area contributed by atoms with Gasteiger partial charge in [-0.15, -0.1) is 0 Å². The van der Waals surface area contributed by atoms with Crippen molar-refractivity contribution in [1.29, 1.82) is 0 Å². The van der Waals surface area contributed by atoms with Crippen LogP contribution in [0.3, 0.4) is 0 Å². The SMILES string of the molecule is COc1cc(CN(C(=S)NC(=O)c2cccc3c(Br)cccc23)C2CCCCC2)ccc1OCC(N)=O. The van der Waals surface area contributed by atoms with E-state index in [0.29, 0.717) is 28.7 Å². The molecule has 1 saturated carbocycles. The van der Waals surface area contributed by atoms with Crippen molar-refractivity contribution in [2.75, 3.05) is 13.7 Å². The van der Waals surface area contributed by atoms with Gasteiger partial charge >= 0.3 is 0 Å². The number of carbonyl (C=O) groups is 2. The lowest BCUT2D eigenvalue weighted by atomic mass is 9.94. The van der Waals surface area contributed by atoms with Gasteiger partial charge in [0, 0.05) is 22.6 Å². The first-order valence-electron chi connectivity index (χ1n) is 12.2. The number of fused-ring (bicyclic) bond motifs is 1. The molecule has 1 aliphatic rings. The molecule has 0 aliphatic heterocycles. The molecule has 37 heavy (non-hydrogen) atoms. The number of carbonyl (C=O) groups excluding carboxylic acids is 2. The lowest BCUT2D eigenvalue weighted by Crippen LogP contribution is -2.48. The zero-order valence-corrected chi connectivity index (χ0v) is 23.1. The highest BCUT2D eigenvalue weighted by atomic mass is 79.9. The average molecular weight is 585 g/mol. The van der Waals surface area contributed by atoms with Crippen molar-refractivity contribution >= 4 is 55.8 Å². The van der Waals surface area contributed by atoms with Crippen LogP contribution in [0.4, 0.5) is 0 Å². The molecule has 9 heteroatoms. The molecule has 0 saturated heterocycles. The second-order valence-electron chi connectivity index (χ2n) is 9.06. The molecule has 3 aromatic carbocycles. The van der Waals surface area contributed by atoms with Gasteiger partial charge in [0.05, 0.1) is 7.11 Å². The summed E-state index contributed by atoms with van der Waals surface area (Å²) in [5.74, 6) is 0.141. The largest absolute Gasteiger partial charge is 0.493 e. The van der Waals surface area contributed by atoms with Crippen molar-refractivity contribution in [3.63, 3.8) is 0 Å². The summed E-state index contributed by atoms with van der Waals surface area (Å²) in [5.41, 5.74) is 6.72. The molecule has 0 bridgehead atoms. The van der Waals surface area contributed by atoms with Gasteiger partial charge in [0.1, 0.15) is 0 Å². The van der Waals surface area contributed by atoms with E-state index in [-0.39, 0.29) is 18.6 Å². The van der Waals surface area contributed by atoms with Gasteiger partial charge in [-0.05, 0) is 65.7 Å². The normalized spacial score (nSPS) is 13.7. The van der Waals surface area contributed by atoms with Gasteiger partial charge in [-0.25, -0.2) is 0 Å². The summed E-state index contributed by atoms with van der Waals surface area (Å²) in [6, 6.07) is 17.2. The predicted octanol–water partition coefficient (Wildman–Crippen LogP) is 5.32. The minimum atomic E-state index is -0.561. The molecule has 0 aromatic heterocycles. The van der Waals surface area contributed by atoms with E-state index < -0.39 is 5.91 Å². The molecule has 0 heterocycles. The van der Waals surface area contributed by atoms with Gasteiger partial charge in [-0.3, -0.25) is 14.9 Å². The quantitative estimate of drug-likeness (QED) is 0.348. The van der Waals surface area contributed by atoms with E-state index in [1.807, 2.05) is 48.5 Å². The number of rotatable bonds is 8. The summed E-state index contributed by atoms with van der Waals surface area (Å²) in [4.78, 5) is 26.6.